The largest absolute Gasteiger partial charge is 0.444 e. The van der Waals surface area contributed by atoms with E-state index >= 15 is 0 Å². The number of carbonyl (C=O) groups is 3. The molecule has 0 atom stereocenters. The molecule has 0 spiro atoms. The van der Waals surface area contributed by atoms with Gasteiger partial charge in [0.05, 0.1) is 12.6 Å². The third-order valence-electron chi connectivity index (χ3n) is 2.85. The van der Waals surface area contributed by atoms with E-state index in [0.717, 1.165) is 0 Å². The van der Waals surface area contributed by atoms with Crippen LogP contribution in [0.1, 0.15) is 41.5 Å². The number of carbonyl (C=O) groups excluding carboxylic acids is 3. The summed E-state index contributed by atoms with van der Waals surface area (Å²) in [7, 11) is 0. The van der Waals surface area contributed by atoms with Gasteiger partial charge in [0.2, 0.25) is 0 Å². The molecular weight excluding hydrogens is 288 g/mol. The Morgan fingerprint density at radius 1 is 1.09 bits per heavy atom. The normalized spacial score (nSPS) is 15.8. The topological polar surface area (TPSA) is 76.2 Å². The minimum Gasteiger partial charge on any atom is -0.444 e. The smallest absolute Gasteiger partial charge is 0.411 e. The van der Waals surface area contributed by atoms with E-state index < -0.39 is 23.4 Å². The molecule has 0 N–H and O–H groups in total. The summed E-state index contributed by atoms with van der Waals surface area (Å²) in [5.74, 6) is 0. The van der Waals surface area contributed by atoms with E-state index in [9.17, 15) is 14.4 Å². The van der Waals surface area contributed by atoms with Crippen LogP contribution < -0.4 is 0 Å². The quantitative estimate of drug-likeness (QED) is 0.745. The molecule has 1 heterocycles. The van der Waals surface area contributed by atoms with Crippen LogP contribution in [0.15, 0.2) is 0 Å². The highest BCUT2D eigenvalue weighted by Crippen LogP contribution is 2.20. The molecular formula is C15H26N2O5. The van der Waals surface area contributed by atoms with Gasteiger partial charge in [-0.1, -0.05) is 0 Å². The monoisotopic (exact) mass is 314 g/mol. The Morgan fingerprint density at radius 2 is 1.59 bits per heavy atom. The first kappa shape index (κ1) is 18.3. The summed E-state index contributed by atoms with van der Waals surface area (Å²) >= 11 is 0. The van der Waals surface area contributed by atoms with E-state index in [-0.39, 0.29) is 12.6 Å². The molecule has 0 aromatic rings. The van der Waals surface area contributed by atoms with E-state index in [1.54, 1.807) is 41.5 Å². The predicted octanol–water partition coefficient (Wildman–Crippen LogP) is 2.04. The maximum atomic E-state index is 12.1. The lowest BCUT2D eigenvalue weighted by Crippen LogP contribution is -2.63. The molecule has 0 aromatic heterocycles. The molecule has 1 aliphatic rings. The second kappa shape index (κ2) is 6.54. The Morgan fingerprint density at radius 3 is 2.00 bits per heavy atom. The van der Waals surface area contributed by atoms with Gasteiger partial charge in [-0.2, -0.15) is 0 Å². The van der Waals surface area contributed by atoms with Crippen LogP contribution in [0, 0.1) is 0 Å². The first-order valence-electron chi connectivity index (χ1n) is 7.34. The number of amides is 2. The molecule has 0 aromatic carbocycles. The number of ether oxygens (including phenoxy) is 2. The Kier molecular flexibility index (Phi) is 5.43. The Balaban J connectivity index is 2.58. The van der Waals surface area contributed by atoms with E-state index in [1.807, 2.05) is 0 Å². The van der Waals surface area contributed by atoms with Crippen LogP contribution in [-0.4, -0.2) is 65.2 Å². The van der Waals surface area contributed by atoms with Crippen molar-refractivity contribution in [2.75, 3.05) is 19.6 Å². The molecule has 0 bridgehead atoms. The Bertz CT molecular complexity index is 430. The maximum absolute atomic E-state index is 12.1. The van der Waals surface area contributed by atoms with E-state index in [0.29, 0.717) is 19.4 Å². The van der Waals surface area contributed by atoms with Crippen LogP contribution >= 0.6 is 0 Å². The van der Waals surface area contributed by atoms with Crippen molar-refractivity contribution in [1.82, 2.24) is 9.80 Å². The van der Waals surface area contributed by atoms with Crippen LogP contribution in [0.5, 0.6) is 0 Å². The second-order valence-corrected chi connectivity index (χ2v) is 7.34. The summed E-state index contributed by atoms with van der Waals surface area (Å²) < 4.78 is 10.5. The molecule has 126 valence electrons. The first-order valence-corrected chi connectivity index (χ1v) is 7.34. The molecule has 7 nitrogen and oxygen atoms in total. The summed E-state index contributed by atoms with van der Waals surface area (Å²) in [5.41, 5.74) is -1.19. The lowest BCUT2D eigenvalue weighted by Gasteiger charge is -2.44. The van der Waals surface area contributed by atoms with Crippen molar-refractivity contribution < 1.29 is 23.9 Å². The van der Waals surface area contributed by atoms with Crippen molar-refractivity contribution >= 4 is 18.5 Å². The fourth-order valence-corrected chi connectivity index (χ4v) is 1.90. The van der Waals surface area contributed by atoms with Crippen molar-refractivity contribution in [3.05, 3.63) is 0 Å². The van der Waals surface area contributed by atoms with Gasteiger partial charge in [0.25, 0.3) is 0 Å². The van der Waals surface area contributed by atoms with E-state index in [2.05, 4.69) is 0 Å². The molecule has 0 aliphatic carbocycles. The molecule has 0 radical (unpaired) electrons. The van der Waals surface area contributed by atoms with Gasteiger partial charge in [-0.15, -0.1) is 0 Å². The fourth-order valence-electron chi connectivity index (χ4n) is 1.90. The first-order chi connectivity index (χ1) is 9.93. The summed E-state index contributed by atoms with van der Waals surface area (Å²) in [6.45, 7) is 11.3. The number of rotatable bonds is 3. The van der Waals surface area contributed by atoms with Crippen LogP contribution in [0.2, 0.25) is 0 Å². The summed E-state index contributed by atoms with van der Waals surface area (Å²) in [6, 6.07) is -0.229. The van der Waals surface area contributed by atoms with Crippen LogP contribution in [0.4, 0.5) is 9.59 Å². The molecule has 0 unspecified atom stereocenters. The zero-order chi connectivity index (χ0) is 17.1. The minimum absolute atomic E-state index is 0.0538. The molecule has 0 saturated carbocycles. The predicted molar refractivity (Wildman–Crippen MR) is 80.6 cm³/mol. The number of hydrogen-bond acceptors (Lipinski definition) is 5. The van der Waals surface area contributed by atoms with Gasteiger partial charge in [0.15, 0.2) is 0 Å². The zero-order valence-corrected chi connectivity index (χ0v) is 14.2. The van der Waals surface area contributed by atoms with Crippen molar-refractivity contribution in [1.29, 1.82) is 0 Å². The van der Waals surface area contributed by atoms with Crippen molar-refractivity contribution in [3.63, 3.8) is 0 Å². The lowest BCUT2D eigenvalue weighted by molar-refractivity contribution is -0.110. The van der Waals surface area contributed by atoms with Crippen molar-refractivity contribution in [3.8, 4) is 0 Å². The third-order valence-corrected chi connectivity index (χ3v) is 2.85. The highest BCUT2D eigenvalue weighted by Gasteiger charge is 2.40. The standard InChI is InChI=1S/C15H26N2O5/c1-14(2,3)21-12(19)16-9-11(10-16)17(7-8-18)13(20)22-15(4,5)6/h8,11H,7,9-10H2,1-6H3. The van der Waals surface area contributed by atoms with Gasteiger partial charge in [0, 0.05) is 13.1 Å². The van der Waals surface area contributed by atoms with Crippen LogP contribution in [0.3, 0.4) is 0 Å². The average molecular weight is 314 g/mol. The molecule has 7 heteroatoms. The Labute approximate surface area is 131 Å². The Hall–Kier alpha value is -1.79. The van der Waals surface area contributed by atoms with Gasteiger partial charge >= 0.3 is 12.2 Å². The molecule has 1 aliphatic heterocycles. The van der Waals surface area contributed by atoms with Crippen LogP contribution in [0.25, 0.3) is 0 Å². The summed E-state index contributed by atoms with van der Waals surface area (Å²) in [6.07, 6.45) is -0.313. The minimum atomic E-state index is -0.632. The van der Waals surface area contributed by atoms with Gasteiger partial charge in [-0.25, -0.2) is 9.59 Å². The maximum Gasteiger partial charge on any atom is 0.411 e. The van der Waals surface area contributed by atoms with E-state index in [1.165, 1.54) is 9.80 Å². The highest BCUT2D eigenvalue weighted by molar-refractivity contribution is 5.74. The van der Waals surface area contributed by atoms with Crippen LogP contribution in [-0.2, 0) is 14.3 Å². The van der Waals surface area contributed by atoms with E-state index in [4.69, 9.17) is 9.47 Å². The molecule has 1 fully saturated rings. The fraction of sp³-hybridized carbons (Fsp3) is 0.800. The molecule has 22 heavy (non-hydrogen) atoms. The van der Waals surface area contributed by atoms with Crippen molar-refractivity contribution in [2.45, 2.75) is 58.8 Å². The van der Waals surface area contributed by atoms with Gasteiger partial charge in [-0.3, -0.25) is 4.90 Å². The molecule has 2 amide bonds. The SMILES string of the molecule is CC(C)(C)OC(=O)N1CC(N(CC=O)C(=O)OC(C)(C)C)C1. The second-order valence-electron chi connectivity index (χ2n) is 7.34. The number of likely N-dealkylation sites (tertiary alicyclic amines) is 1. The summed E-state index contributed by atoms with van der Waals surface area (Å²) in [4.78, 5) is 37.6. The third kappa shape index (κ3) is 5.54. The zero-order valence-electron chi connectivity index (χ0n) is 14.2. The lowest BCUT2D eigenvalue weighted by atomic mass is 10.1. The number of nitrogens with zero attached hydrogens (tertiary/aromatic N) is 2. The average Bonchev–Trinajstić information content (AvgIpc) is 2.20. The van der Waals surface area contributed by atoms with Crippen molar-refractivity contribution in [2.24, 2.45) is 0 Å². The van der Waals surface area contributed by atoms with Gasteiger partial charge in [0.1, 0.15) is 17.5 Å². The highest BCUT2D eigenvalue weighted by atomic mass is 16.6. The van der Waals surface area contributed by atoms with Gasteiger partial charge < -0.3 is 19.2 Å². The van der Waals surface area contributed by atoms with Gasteiger partial charge in [-0.05, 0) is 41.5 Å². The molecule has 1 saturated heterocycles. The number of aldehydes is 1. The molecule has 1 rings (SSSR count). The number of hydrogen-bond donors (Lipinski definition) is 0. The summed E-state index contributed by atoms with van der Waals surface area (Å²) in [5, 5.41) is 0.